The van der Waals surface area contributed by atoms with Crippen molar-refractivity contribution in [2.24, 2.45) is 0 Å². The largest absolute Gasteiger partial charge is 0.360 e. The number of hydrogen-bond acceptors (Lipinski definition) is 3. The number of amides is 1. The number of rotatable bonds is 5. The van der Waals surface area contributed by atoms with Crippen molar-refractivity contribution in [3.05, 3.63) is 112 Å². The molecular weight excluding hydrogens is 384 g/mol. The summed E-state index contributed by atoms with van der Waals surface area (Å²) < 4.78 is 5.35. The lowest BCUT2D eigenvalue weighted by Gasteiger charge is -2.20. The fourth-order valence-electron chi connectivity index (χ4n) is 3.33. The third-order valence-electron chi connectivity index (χ3n) is 4.76. The van der Waals surface area contributed by atoms with Gasteiger partial charge >= 0.3 is 0 Å². The zero-order chi connectivity index (χ0) is 20.2. The van der Waals surface area contributed by atoms with E-state index in [1.165, 1.54) is 0 Å². The molecule has 0 radical (unpaired) electrons. The van der Waals surface area contributed by atoms with Crippen LogP contribution in [0.4, 0.5) is 0 Å². The van der Waals surface area contributed by atoms with Crippen molar-refractivity contribution in [3.8, 4) is 11.3 Å². The number of carbonyl (C=O) groups is 1. The highest BCUT2D eigenvalue weighted by Gasteiger charge is 2.26. The van der Waals surface area contributed by atoms with Gasteiger partial charge in [-0.1, -0.05) is 95.6 Å². The molecule has 0 aliphatic heterocycles. The molecule has 0 spiro atoms. The highest BCUT2D eigenvalue weighted by molar-refractivity contribution is 6.33. The minimum absolute atomic E-state index is 0.267. The first kappa shape index (κ1) is 19.0. The summed E-state index contributed by atoms with van der Waals surface area (Å²) in [6, 6.07) is 26.7. The summed E-state index contributed by atoms with van der Waals surface area (Å²) in [5.74, 6) is 0.175. The zero-order valence-electron chi connectivity index (χ0n) is 15.8. The van der Waals surface area contributed by atoms with E-state index in [9.17, 15) is 4.79 Å². The van der Waals surface area contributed by atoms with Crippen LogP contribution in [0.2, 0.25) is 5.02 Å². The summed E-state index contributed by atoms with van der Waals surface area (Å²) in [7, 11) is 0. The lowest BCUT2D eigenvalue weighted by molar-refractivity contribution is 0.0942. The monoisotopic (exact) mass is 402 g/mol. The van der Waals surface area contributed by atoms with E-state index in [-0.39, 0.29) is 11.9 Å². The van der Waals surface area contributed by atoms with Crippen molar-refractivity contribution in [1.82, 2.24) is 10.5 Å². The van der Waals surface area contributed by atoms with Crippen molar-refractivity contribution in [1.29, 1.82) is 0 Å². The fourth-order valence-corrected chi connectivity index (χ4v) is 3.56. The maximum absolute atomic E-state index is 13.3. The second-order valence-corrected chi connectivity index (χ2v) is 7.08. The maximum Gasteiger partial charge on any atom is 0.257 e. The molecule has 4 nitrogen and oxygen atoms in total. The summed E-state index contributed by atoms with van der Waals surface area (Å²) in [6.07, 6.45) is 0. The predicted octanol–water partition coefficient (Wildman–Crippen LogP) is 5.82. The van der Waals surface area contributed by atoms with Gasteiger partial charge in [-0.15, -0.1) is 0 Å². The Morgan fingerprint density at radius 2 is 1.45 bits per heavy atom. The van der Waals surface area contributed by atoms with Crippen LogP contribution in [0.15, 0.2) is 89.5 Å². The van der Waals surface area contributed by atoms with Gasteiger partial charge in [0.1, 0.15) is 17.0 Å². The Bertz CT molecular complexity index is 1080. The third-order valence-corrected chi connectivity index (χ3v) is 5.09. The molecule has 144 valence electrons. The van der Waals surface area contributed by atoms with E-state index in [1.807, 2.05) is 78.9 Å². The highest BCUT2D eigenvalue weighted by Crippen LogP contribution is 2.32. The summed E-state index contributed by atoms with van der Waals surface area (Å²) in [6.45, 7) is 1.72. The van der Waals surface area contributed by atoms with Crippen LogP contribution in [0.1, 0.15) is 33.3 Å². The molecule has 1 amide bonds. The lowest BCUT2D eigenvalue weighted by Crippen LogP contribution is -2.30. The molecule has 0 fully saturated rings. The summed E-state index contributed by atoms with van der Waals surface area (Å²) >= 11 is 6.33. The van der Waals surface area contributed by atoms with E-state index in [4.69, 9.17) is 16.1 Å². The molecule has 4 aromatic rings. The SMILES string of the molecule is Cc1onc(-c2ccccc2Cl)c1C(=O)NC(c1ccccc1)c1ccccc1. The van der Waals surface area contributed by atoms with Crippen LogP contribution >= 0.6 is 11.6 Å². The van der Waals surface area contributed by atoms with Crippen molar-refractivity contribution in [2.45, 2.75) is 13.0 Å². The van der Waals surface area contributed by atoms with E-state index in [0.717, 1.165) is 11.1 Å². The second-order valence-electron chi connectivity index (χ2n) is 6.67. The number of nitrogens with one attached hydrogen (secondary N) is 1. The zero-order valence-corrected chi connectivity index (χ0v) is 16.6. The molecule has 1 N–H and O–H groups in total. The number of aryl methyl sites for hydroxylation is 1. The van der Waals surface area contributed by atoms with Crippen LogP contribution in [0, 0.1) is 6.92 Å². The normalized spacial score (nSPS) is 10.9. The van der Waals surface area contributed by atoms with Crippen LogP contribution in [-0.2, 0) is 0 Å². The van der Waals surface area contributed by atoms with Gasteiger partial charge in [0.2, 0.25) is 0 Å². The molecule has 0 unspecified atom stereocenters. The van der Waals surface area contributed by atoms with Gasteiger partial charge < -0.3 is 9.84 Å². The summed E-state index contributed by atoms with van der Waals surface area (Å²) in [5.41, 5.74) is 3.45. The molecule has 0 saturated heterocycles. The van der Waals surface area contributed by atoms with Crippen LogP contribution in [0.3, 0.4) is 0 Å². The van der Waals surface area contributed by atoms with Gasteiger partial charge in [0, 0.05) is 5.56 Å². The first-order valence-corrected chi connectivity index (χ1v) is 9.65. The van der Waals surface area contributed by atoms with Crippen LogP contribution in [-0.4, -0.2) is 11.1 Å². The highest BCUT2D eigenvalue weighted by atomic mass is 35.5. The molecular formula is C24H19ClN2O2. The standard InChI is InChI=1S/C24H19ClN2O2/c1-16-21(23(27-29-16)19-14-8-9-15-20(19)25)24(28)26-22(17-10-4-2-5-11-17)18-12-6-3-7-13-18/h2-15,22H,1H3,(H,26,28). The van der Waals surface area contributed by atoms with Gasteiger partial charge in [-0.3, -0.25) is 4.79 Å². The van der Waals surface area contributed by atoms with Gasteiger partial charge in [0.25, 0.3) is 5.91 Å². The number of nitrogens with zero attached hydrogens (tertiary/aromatic N) is 1. The number of carbonyl (C=O) groups excluding carboxylic acids is 1. The molecule has 0 atom stereocenters. The molecule has 29 heavy (non-hydrogen) atoms. The Kier molecular flexibility index (Phi) is 5.45. The molecule has 3 aromatic carbocycles. The van der Waals surface area contributed by atoms with E-state index in [2.05, 4.69) is 10.5 Å². The number of hydrogen-bond donors (Lipinski definition) is 1. The van der Waals surface area contributed by atoms with Gasteiger partial charge in [-0.2, -0.15) is 0 Å². The first-order valence-electron chi connectivity index (χ1n) is 9.27. The number of halogens is 1. The Hall–Kier alpha value is -3.37. The first-order chi connectivity index (χ1) is 14.1. The minimum Gasteiger partial charge on any atom is -0.360 e. The average molecular weight is 403 g/mol. The summed E-state index contributed by atoms with van der Waals surface area (Å²) in [4.78, 5) is 13.3. The average Bonchev–Trinajstić information content (AvgIpc) is 3.14. The predicted molar refractivity (Wildman–Crippen MR) is 114 cm³/mol. The molecule has 0 aliphatic carbocycles. The molecule has 0 bridgehead atoms. The second kappa shape index (κ2) is 8.33. The van der Waals surface area contributed by atoms with Crippen molar-refractivity contribution in [2.75, 3.05) is 0 Å². The smallest absolute Gasteiger partial charge is 0.257 e. The van der Waals surface area contributed by atoms with E-state index >= 15 is 0 Å². The number of benzene rings is 3. The molecule has 0 saturated carbocycles. The quantitative estimate of drug-likeness (QED) is 0.457. The summed E-state index contributed by atoms with van der Waals surface area (Å²) in [5, 5.41) is 7.75. The lowest BCUT2D eigenvalue weighted by atomic mass is 9.97. The van der Waals surface area contributed by atoms with Crippen molar-refractivity contribution in [3.63, 3.8) is 0 Å². The molecule has 5 heteroatoms. The van der Waals surface area contributed by atoms with Gasteiger partial charge in [0.15, 0.2) is 0 Å². The Morgan fingerprint density at radius 3 is 2.03 bits per heavy atom. The molecule has 4 rings (SSSR count). The Balaban J connectivity index is 1.73. The van der Waals surface area contributed by atoms with Crippen molar-refractivity contribution < 1.29 is 9.32 Å². The molecule has 0 aliphatic rings. The number of aromatic nitrogens is 1. The van der Waals surface area contributed by atoms with Crippen molar-refractivity contribution >= 4 is 17.5 Å². The van der Waals surface area contributed by atoms with Crippen LogP contribution < -0.4 is 5.32 Å². The maximum atomic E-state index is 13.3. The van der Waals surface area contributed by atoms with Crippen LogP contribution in [0.25, 0.3) is 11.3 Å². The van der Waals surface area contributed by atoms with E-state index in [1.54, 1.807) is 13.0 Å². The molecule has 1 heterocycles. The van der Waals surface area contributed by atoms with E-state index < -0.39 is 0 Å². The third kappa shape index (κ3) is 3.93. The molecule has 1 aromatic heterocycles. The van der Waals surface area contributed by atoms with Gasteiger partial charge in [-0.05, 0) is 24.1 Å². The minimum atomic E-state index is -0.307. The van der Waals surface area contributed by atoms with Gasteiger partial charge in [0.05, 0.1) is 11.1 Å². The van der Waals surface area contributed by atoms with E-state index in [0.29, 0.717) is 27.6 Å². The Labute approximate surface area is 174 Å². The fraction of sp³-hybridized carbons (Fsp3) is 0.0833. The Morgan fingerprint density at radius 1 is 0.897 bits per heavy atom. The van der Waals surface area contributed by atoms with Gasteiger partial charge in [-0.25, -0.2) is 0 Å². The topological polar surface area (TPSA) is 55.1 Å². The van der Waals surface area contributed by atoms with Crippen LogP contribution in [0.5, 0.6) is 0 Å².